The van der Waals surface area contributed by atoms with Gasteiger partial charge in [0.15, 0.2) is 0 Å². The molecule has 0 aromatic carbocycles. The monoisotopic (exact) mass is 415 g/mol. The molecule has 0 unspecified atom stereocenters. The second-order valence-electron chi connectivity index (χ2n) is 8.44. The molecule has 8 heteroatoms. The van der Waals surface area contributed by atoms with E-state index in [1.165, 1.54) is 28.7 Å². The van der Waals surface area contributed by atoms with Crippen molar-refractivity contribution in [1.82, 2.24) is 20.2 Å². The van der Waals surface area contributed by atoms with E-state index >= 15 is 0 Å². The zero-order chi connectivity index (χ0) is 19.8. The molecule has 0 spiro atoms. The van der Waals surface area contributed by atoms with Crippen LogP contribution in [0.15, 0.2) is 0 Å². The largest absolute Gasteiger partial charge is 0.379 e. The summed E-state index contributed by atoms with van der Waals surface area (Å²) in [7, 11) is 1.99. The molecule has 156 valence electrons. The summed E-state index contributed by atoms with van der Waals surface area (Å²) in [5.74, 6) is 1.85. The summed E-state index contributed by atoms with van der Waals surface area (Å²) in [6.45, 7) is 4.43. The fourth-order valence-electron chi connectivity index (χ4n) is 4.28. The average Bonchev–Trinajstić information content (AvgIpc) is 3.45. The number of hydrogen-bond acceptors (Lipinski definition) is 7. The molecule has 0 atom stereocenters. The summed E-state index contributed by atoms with van der Waals surface area (Å²) in [5.41, 5.74) is 1.42. The first-order valence-electron chi connectivity index (χ1n) is 10.8. The Morgan fingerprint density at radius 3 is 2.83 bits per heavy atom. The van der Waals surface area contributed by atoms with Crippen LogP contribution < -0.4 is 10.2 Å². The van der Waals surface area contributed by atoms with Crippen LogP contribution >= 0.6 is 11.3 Å². The summed E-state index contributed by atoms with van der Waals surface area (Å²) in [6, 6.07) is 0.382. The lowest BCUT2D eigenvalue weighted by atomic mass is 9.97. The molecule has 29 heavy (non-hydrogen) atoms. The first kappa shape index (κ1) is 19.2. The van der Waals surface area contributed by atoms with E-state index in [2.05, 4.69) is 10.2 Å². The lowest BCUT2D eigenvalue weighted by molar-refractivity contribution is -0.119. The minimum Gasteiger partial charge on any atom is -0.379 e. The molecule has 1 N–H and O–H groups in total. The van der Waals surface area contributed by atoms with Crippen molar-refractivity contribution in [2.75, 3.05) is 44.8 Å². The van der Waals surface area contributed by atoms with E-state index in [0.29, 0.717) is 12.6 Å². The van der Waals surface area contributed by atoms with Crippen LogP contribution in [0.2, 0.25) is 0 Å². The van der Waals surface area contributed by atoms with Gasteiger partial charge < -0.3 is 15.0 Å². The highest BCUT2D eigenvalue weighted by atomic mass is 32.1. The third-order valence-corrected chi connectivity index (χ3v) is 7.18. The van der Waals surface area contributed by atoms with Gasteiger partial charge in [0.05, 0.1) is 31.7 Å². The first-order valence-corrected chi connectivity index (χ1v) is 11.6. The van der Waals surface area contributed by atoms with E-state index in [1.807, 2.05) is 23.3 Å². The van der Waals surface area contributed by atoms with Crippen molar-refractivity contribution in [3.05, 3.63) is 16.3 Å². The van der Waals surface area contributed by atoms with Crippen LogP contribution in [0.25, 0.3) is 10.2 Å². The van der Waals surface area contributed by atoms with Gasteiger partial charge in [-0.15, -0.1) is 11.3 Å². The molecule has 2 aromatic heterocycles. The second kappa shape index (κ2) is 8.16. The van der Waals surface area contributed by atoms with Crippen molar-refractivity contribution in [3.63, 3.8) is 0 Å². The molecule has 0 bridgehead atoms. The standard InChI is InChI=1S/C21H29N5O2S/c1-25(13-18(27)22-14-6-7-14)20-19-15-4-2-3-5-16(15)29-21(19)24-17(23-20)12-26-8-10-28-11-9-26/h14H,2-13H2,1H3,(H,22,27). The molecule has 1 saturated carbocycles. The zero-order valence-corrected chi connectivity index (χ0v) is 17.9. The van der Waals surface area contributed by atoms with E-state index in [1.54, 1.807) is 0 Å². The number of carbonyl (C=O) groups is 1. The van der Waals surface area contributed by atoms with Gasteiger partial charge in [0, 0.05) is 31.1 Å². The maximum Gasteiger partial charge on any atom is 0.239 e. The molecular weight excluding hydrogens is 386 g/mol. The predicted molar refractivity (Wildman–Crippen MR) is 115 cm³/mol. The number of likely N-dealkylation sites (N-methyl/N-ethyl adjacent to an activating group) is 1. The Labute approximate surface area is 175 Å². The Morgan fingerprint density at radius 2 is 2.03 bits per heavy atom. The van der Waals surface area contributed by atoms with E-state index in [9.17, 15) is 4.79 Å². The lowest BCUT2D eigenvalue weighted by Gasteiger charge is -2.26. The highest BCUT2D eigenvalue weighted by Gasteiger charge is 2.26. The van der Waals surface area contributed by atoms with Crippen molar-refractivity contribution in [3.8, 4) is 0 Å². The maximum absolute atomic E-state index is 12.4. The molecular formula is C21H29N5O2S. The van der Waals surface area contributed by atoms with Crippen LogP contribution in [-0.4, -0.2) is 66.7 Å². The number of fused-ring (bicyclic) bond motifs is 3. The van der Waals surface area contributed by atoms with E-state index in [0.717, 1.165) is 75.0 Å². The topological polar surface area (TPSA) is 70.6 Å². The third-order valence-electron chi connectivity index (χ3n) is 6.00. The highest BCUT2D eigenvalue weighted by Crippen LogP contribution is 2.39. The van der Waals surface area contributed by atoms with Gasteiger partial charge in [-0.25, -0.2) is 9.97 Å². The SMILES string of the molecule is CN(CC(=O)NC1CC1)c1nc(CN2CCOCC2)nc2sc3c(c12)CCCC3. The molecule has 7 nitrogen and oxygen atoms in total. The molecule has 3 aliphatic rings. The van der Waals surface area contributed by atoms with Gasteiger partial charge in [-0.05, 0) is 44.1 Å². The van der Waals surface area contributed by atoms with Crippen molar-refractivity contribution < 1.29 is 9.53 Å². The van der Waals surface area contributed by atoms with E-state index in [-0.39, 0.29) is 5.91 Å². The minimum atomic E-state index is 0.0839. The summed E-state index contributed by atoms with van der Waals surface area (Å²) >= 11 is 1.83. The number of anilines is 1. The Kier molecular flexibility index (Phi) is 5.41. The van der Waals surface area contributed by atoms with Crippen LogP contribution in [0.1, 0.15) is 41.9 Å². The Hall–Kier alpha value is -1.77. The first-order chi connectivity index (χ1) is 14.2. The molecule has 2 aromatic rings. The lowest BCUT2D eigenvalue weighted by Crippen LogP contribution is -2.37. The van der Waals surface area contributed by atoms with Gasteiger partial charge in [-0.1, -0.05) is 0 Å². The average molecular weight is 416 g/mol. The number of thiophene rings is 1. The van der Waals surface area contributed by atoms with Gasteiger partial charge in [0.25, 0.3) is 0 Å². The van der Waals surface area contributed by atoms with Crippen LogP contribution in [0.5, 0.6) is 0 Å². The molecule has 1 saturated heterocycles. The quantitative estimate of drug-likeness (QED) is 0.779. The van der Waals surface area contributed by atoms with Crippen molar-refractivity contribution in [2.45, 2.75) is 51.1 Å². The Balaban J connectivity index is 1.47. The molecule has 1 amide bonds. The van der Waals surface area contributed by atoms with Gasteiger partial charge in [0.2, 0.25) is 5.91 Å². The van der Waals surface area contributed by atoms with Crippen molar-refractivity contribution >= 4 is 33.3 Å². The van der Waals surface area contributed by atoms with Crippen molar-refractivity contribution in [1.29, 1.82) is 0 Å². The zero-order valence-electron chi connectivity index (χ0n) is 17.1. The number of amides is 1. The Bertz CT molecular complexity index is 904. The molecule has 2 aliphatic carbocycles. The molecule has 0 radical (unpaired) electrons. The molecule has 1 aliphatic heterocycles. The van der Waals surface area contributed by atoms with Crippen LogP contribution in [0, 0.1) is 0 Å². The number of nitrogens with one attached hydrogen (secondary N) is 1. The number of carbonyl (C=O) groups excluding carboxylic acids is 1. The number of hydrogen-bond donors (Lipinski definition) is 1. The van der Waals surface area contributed by atoms with Crippen LogP contribution in [-0.2, 0) is 28.9 Å². The number of morpholine rings is 1. The van der Waals surface area contributed by atoms with Crippen LogP contribution in [0.4, 0.5) is 5.82 Å². The summed E-state index contributed by atoms with van der Waals surface area (Å²) in [4.78, 5) is 29.3. The van der Waals surface area contributed by atoms with E-state index < -0.39 is 0 Å². The summed E-state index contributed by atoms with van der Waals surface area (Å²) in [6.07, 6.45) is 6.92. The fraction of sp³-hybridized carbons (Fsp3) is 0.667. The normalized spacial score (nSPS) is 19.9. The van der Waals surface area contributed by atoms with Gasteiger partial charge in [0.1, 0.15) is 16.5 Å². The van der Waals surface area contributed by atoms with Gasteiger partial charge in [-0.2, -0.15) is 0 Å². The molecule has 3 heterocycles. The number of aromatic nitrogens is 2. The van der Waals surface area contributed by atoms with Crippen molar-refractivity contribution in [2.24, 2.45) is 0 Å². The Morgan fingerprint density at radius 1 is 1.24 bits per heavy atom. The fourth-order valence-corrected chi connectivity index (χ4v) is 5.55. The second-order valence-corrected chi connectivity index (χ2v) is 9.52. The predicted octanol–water partition coefficient (Wildman–Crippen LogP) is 2.12. The number of aryl methyl sites for hydroxylation is 2. The molecule has 5 rings (SSSR count). The highest BCUT2D eigenvalue weighted by molar-refractivity contribution is 7.19. The summed E-state index contributed by atoms with van der Waals surface area (Å²) in [5, 5.41) is 4.27. The maximum atomic E-state index is 12.4. The minimum absolute atomic E-state index is 0.0839. The van der Waals surface area contributed by atoms with Crippen LogP contribution in [0.3, 0.4) is 0 Å². The smallest absolute Gasteiger partial charge is 0.239 e. The molecule has 2 fully saturated rings. The third kappa shape index (κ3) is 4.25. The van der Waals surface area contributed by atoms with Gasteiger partial charge >= 0.3 is 0 Å². The number of ether oxygens (including phenoxy) is 1. The van der Waals surface area contributed by atoms with Gasteiger partial charge in [-0.3, -0.25) is 9.69 Å². The number of rotatable bonds is 6. The summed E-state index contributed by atoms with van der Waals surface area (Å²) < 4.78 is 5.47. The number of nitrogens with zero attached hydrogens (tertiary/aromatic N) is 4. The van der Waals surface area contributed by atoms with E-state index in [4.69, 9.17) is 14.7 Å².